The average molecular weight is 135 g/mol. The van der Waals surface area contributed by atoms with E-state index in [9.17, 15) is 0 Å². The molecule has 1 aliphatic rings. The van der Waals surface area contributed by atoms with Gasteiger partial charge in [0.05, 0.1) is 0 Å². The first-order valence-electron chi connectivity index (χ1n) is 2.82. The summed E-state index contributed by atoms with van der Waals surface area (Å²) >= 11 is 0. The van der Waals surface area contributed by atoms with Crippen LogP contribution in [0.1, 0.15) is 32.1 Å². The van der Waals surface area contributed by atoms with E-state index in [2.05, 4.69) is 6.42 Å². The number of rotatable bonds is 0. The Morgan fingerprint density at radius 1 is 0.857 bits per heavy atom. The fourth-order valence-corrected chi connectivity index (χ4v) is 0.898. The minimum Gasteiger partial charge on any atom is -0.328 e. The van der Waals surface area contributed by atoms with Gasteiger partial charge in [0.15, 0.2) is 0 Å². The molecule has 1 heteroatoms. The zero-order chi connectivity index (χ0) is 4.24. The first-order valence-corrected chi connectivity index (χ1v) is 2.82. The SMILES string of the molecule is [CH-]1CCCCC1.[Cr]. The second kappa shape index (κ2) is 4.69. The zero-order valence-electron chi connectivity index (χ0n) is 4.52. The van der Waals surface area contributed by atoms with Gasteiger partial charge in [0.25, 0.3) is 0 Å². The Bertz CT molecular complexity index is 19.7. The summed E-state index contributed by atoms with van der Waals surface area (Å²) in [7, 11) is 0. The molecule has 1 fully saturated rings. The Kier molecular flexibility index (Phi) is 5.04. The molecule has 1 rings (SSSR count). The molecule has 42 valence electrons. The van der Waals surface area contributed by atoms with Gasteiger partial charge < -0.3 is 6.42 Å². The van der Waals surface area contributed by atoms with E-state index >= 15 is 0 Å². The predicted molar refractivity (Wildman–Crippen MR) is 27.4 cm³/mol. The van der Waals surface area contributed by atoms with Crippen LogP contribution in [0.25, 0.3) is 0 Å². The van der Waals surface area contributed by atoms with Crippen molar-refractivity contribution in [2.45, 2.75) is 32.1 Å². The molecule has 0 spiro atoms. The third-order valence-electron chi connectivity index (χ3n) is 1.32. The van der Waals surface area contributed by atoms with Gasteiger partial charge >= 0.3 is 0 Å². The minimum absolute atomic E-state index is 0. The molecule has 0 radical (unpaired) electrons. The van der Waals surface area contributed by atoms with E-state index in [-0.39, 0.29) is 17.4 Å². The van der Waals surface area contributed by atoms with Gasteiger partial charge in [-0.15, -0.1) is 0 Å². The summed E-state index contributed by atoms with van der Waals surface area (Å²) in [5.74, 6) is 0. The minimum atomic E-state index is 0. The van der Waals surface area contributed by atoms with Crippen LogP contribution in [-0.4, -0.2) is 0 Å². The maximum absolute atomic E-state index is 2.39. The topological polar surface area (TPSA) is 0 Å². The molecular formula is C6H11Cr-. The second-order valence-corrected chi connectivity index (χ2v) is 1.93. The van der Waals surface area contributed by atoms with Crippen molar-refractivity contribution in [2.75, 3.05) is 0 Å². The summed E-state index contributed by atoms with van der Waals surface area (Å²) in [6.07, 6.45) is 9.50. The van der Waals surface area contributed by atoms with Gasteiger partial charge in [-0.1, -0.05) is 19.3 Å². The molecule has 0 N–H and O–H groups in total. The average Bonchev–Trinajstić information content (AvgIpc) is 1.72. The summed E-state index contributed by atoms with van der Waals surface area (Å²) in [6.45, 7) is 0. The summed E-state index contributed by atoms with van der Waals surface area (Å²) in [5.41, 5.74) is 0. The molecule has 0 amide bonds. The van der Waals surface area contributed by atoms with Crippen LogP contribution in [0.15, 0.2) is 0 Å². The van der Waals surface area contributed by atoms with Crippen LogP contribution in [0.5, 0.6) is 0 Å². The quantitative estimate of drug-likeness (QED) is 0.446. The Hall–Kier alpha value is 0.532. The van der Waals surface area contributed by atoms with Gasteiger partial charge in [0, 0.05) is 17.4 Å². The van der Waals surface area contributed by atoms with Crippen LogP contribution in [0, 0.1) is 6.42 Å². The summed E-state index contributed by atoms with van der Waals surface area (Å²) < 4.78 is 0. The summed E-state index contributed by atoms with van der Waals surface area (Å²) in [5, 5.41) is 0. The van der Waals surface area contributed by atoms with Crippen molar-refractivity contribution >= 4 is 0 Å². The monoisotopic (exact) mass is 135 g/mol. The molecule has 0 nitrogen and oxygen atoms in total. The molecule has 0 atom stereocenters. The van der Waals surface area contributed by atoms with Gasteiger partial charge in [0.2, 0.25) is 0 Å². The molecule has 0 heterocycles. The van der Waals surface area contributed by atoms with E-state index in [1.165, 1.54) is 32.1 Å². The van der Waals surface area contributed by atoms with Crippen LogP contribution in [-0.2, 0) is 17.4 Å². The van der Waals surface area contributed by atoms with Crippen molar-refractivity contribution < 1.29 is 17.4 Å². The van der Waals surface area contributed by atoms with Gasteiger partial charge in [-0.3, -0.25) is 0 Å². The molecule has 7 heavy (non-hydrogen) atoms. The summed E-state index contributed by atoms with van der Waals surface area (Å²) in [4.78, 5) is 0. The van der Waals surface area contributed by atoms with E-state index < -0.39 is 0 Å². The van der Waals surface area contributed by atoms with Crippen molar-refractivity contribution in [3.05, 3.63) is 6.42 Å². The molecule has 0 saturated heterocycles. The van der Waals surface area contributed by atoms with E-state index in [1.54, 1.807) is 0 Å². The van der Waals surface area contributed by atoms with E-state index in [0.29, 0.717) is 0 Å². The molecule has 1 aliphatic carbocycles. The number of hydrogen-bond donors (Lipinski definition) is 0. The normalized spacial score (nSPS) is 20.6. The molecule has 1 saturated carbocycles. The van der Waals surface area contributed by atoms with Gasteiger partial charge in [-0.05, 0) is 0 Å². The smallest absolute Gasteiger partial charge is 0 e. The van der Waals surface area contributed by atoms with E-state index in [4.69, 9.17) is 0 Å². The first-order chi connectivity index (χ1) is 3.00. The Morgan fingerprint density at radius 3 is 1.57 bits per heavy atom. The molecule has 0 aliphatic heterocycles. The standard InChI is InChI=1S/C6H11.Cr/c1-2-4-6-5-3-1;/h1H,2-6H2;/q-1;. The fourth-order valence-electron chi connectivity index (χ4n) is 0.898. The largest absolute Gasteiger partial charge is 0.328 e. The maximum Gasteiger partial charge on any atom is 0 e. The molecule has 0 unspecified atom stereocenters. The first kappa shape index (κ1) is 7.53. The Morgan fingerprint density at radius 2 is 1.43 bits per heavy atom. The van der Waals surface area contributed by atoms with Crippen molar-refractivity contribution in [1.82, 2.24) is 0 Å². The predicted octanol–water partition coefficient (Wildman–Crippen LogP) is 2.15. The molecular weight excluding hydrogens is 124 g/mol. The molecule has 0 aromatic heterocycles. The van der Waals surface area contributed by atoms with Crippen LogP contribution in [0.2, 0.25) is 0 Å². The second-order valence-electron chi connectivity index (χ2n) is 1.93. The fraction of sp³-hybridized carbons (Fsp3) is 0.833. The third kappa shape index (κ3) is 3.14. The number of hydrogen-bond acceptors (Lipinski definition) is 0. The molecule has 0 aromatic rings. The van der Waals surface area contributed by atoms with Crippen molar-refractivity contribution in [3.63, 3.8) is 0 Å². The van der Waals surface area contributed by atoms with Gasteiger partial charge in [-0.25, -0.2) is 0 Å². The van der Waals surface area contributed by atoms with Gasteiger partial charge in [-0.2, -0.15) is 12.8 Å². The van der Waals surface area contributed by atoms with Gasteiger partial charge in [0.1, 0.15) is 0 Å². The zero-order valence-corrected chi connectivity index (χ0v) is 5.80. The van der Waals surface area contributed by atoms with E-state index in [1.807, 2.05) is 0 Å². The van der Waals surface area contributed by atoms with E-state index in [0.717, 1.165) is 0 Å². The molecule has 0 bridgehead atoms. The van der Waals surface area contributed by atoms with Crippen molar-refractivity contribution in [1.29, 1.82) is 0 Å². The Balaban J connectivity index is 0.000000360. The Labute approximate surface area is 56.4 Å². The summed E-state index contributed by atoms with van der Waals surface area (Å²) in [6, 6.07) is 0. The maximum atomic E-state index is 2.39. The van der Waals surface area contributed by atoms with Crippen molar-refractivity contribution in [2.24, 2.45) is 0 Å². The van der Waals surface area contributed by atoms with Crippen LogP contribution in [0.3, 0.4) is 0 Å². The van der Waals surface area contributed by atoms with Crippen LogP contribution in [0.4, 0.5) is 0 Å². The van der Waals surface area contributed by atoms with Crippen molar-refractivity contribution in [3.8, 4) is 0 Å². The van der Waals surface area contributed by atoms with Crippen LogP contribution >= 0.6 is 0 Å². The third-order valence-corrected chi connectivity index (χ3v) is 1.32. The van der Waals surface area contributed by atoms with Crippen LogP contribution < -0.4 is 0 Å². The molecule has 0 aromatic carbocycles.